The molecule has 1 aromatic heterocycles. The van der Waals surface area contributed by atoms with Gasteiger partial charge in [-0.25, -0.2) is 4.79 Å². The largest absolute Gasteiger partial charge is 0.492 e. The van der Waals surface area contributed by atoms with Crippen molar-refractivity contribution in [1.82, 2.24) is 9.88 Å². The van der Waals surface area contributed by atoms with Gasteiger partial charge in [0.15, 0.2) is 5.58 Å². The summed E-state index contributed by atoms with van der Waals surface area (Å²) in [6.07, 6.45) is 4.42. The van der Waals surface area contributed by atoms with E-state index in [0.717, 1.165) is 24.1 Å². The van der Waals surface area contributed by atoms with Crippen molar-refractivity contribution < 1.29 is 13.9 Å². The maximum atomic E-state index is 12.0. The number of carbonyl (C=O) groups excluding carboxylic acids is 1. The van der Waals surface area contributed by atoms with Crippen LogP contribution in [0, 0.1) is 0 Å². The molecule has 0 spiro atoms. The van der Waals surface area contributed by atoms with Crippen LogP contribution in [0.1, 0.15) is 30.4 Å². The van der Waals surface area contributed by atoms with Crippen molar-refractivity contribution in [3.8, 4) is 5.75 Å². The first-order chi connectivity index (χ1) is 13.7. The number of nitrogens with one attached hydrogen (secondary N) is 1. The zero-order chi connectivity index (χ0) is 19.3. The highest BCUT2D eigenvalue weighted by Gasteiger charge is 2.11. The lowest BCUT2D eigenvalue weighted by Gasteiger charge is -2.09. The fourth-order valence-electron chi connectivity index (χ4n) is 3.71. The van der Waals surface area contributed by atoms with Crippen LogP contribution in [-0.4, -0.2) is 23.6 Å². The Morgan fingerprint density at radius 1 is 1.14 bits per heavy atom. The summed E-state index contributed by atoms with van der Waals surface area (Å²) in [6, 6.07) is 13.5. The molecule has 0 radical (unpaired) electrons. The highest BCUT2D eigenvalue weighted by molar-refractivity contribution is 5.76. The Morgan fingerprint density at radius 2 is 2.00 bits per heavy atom. The molecule has 1 amide bonds. The molecular formula is C22H24N2O4. The van der Waals surface area contributed by atoms with Crippen LogP contribution in [0.2, 0.25) is 0 Å². The van der Waals surface area contributed by atoms with Crippen molar-refractivity contribution >= 4 is 17.0 Å². The number of amides is 1. The van der Waals surface area contributed by atoms with Crippen LogP contribution in [0.15, 0.2) is 51.7 Å². The predicted molar refractivity (Wildman–Crippen MR) is 107 cm³/mol. The molecule has 4 rings (SSSR count). The van der Waals surface area contributed by atoms with E-state index in [9.17, 15) is 9.59 Å². The van der Waals surface area contributed by atoms with Gasteiger partial charge in [-0.3, -0.25) is 9.36 Å². The Labute approximate surface area is 163 Å². The maximum absolute atomic E-state index is 12.0. The highest BCUT2D eigenvalue weighted by atomic mass is 16.5. The first-order valence-electron chi connectivity index (χ1n) is 9.80. The normalized spacial score (nSPS) is 12.9. The Bertz CT molecular complexity index is 1030. The summed E-state index contributed by atoms with van der Waals surface area (Å²) in [5.41, 5.74) is 4.13. The van der Waals surface area contributed by atoms with E-state index in [0.29, 0.717) is 38.1 Å². The SMILES string of the molecule is O=C(CCCn1c(=O)oc2ccccc21)NCCOc1ccc2c(c1)CCC2. The van der Waals surface area contributed by atoms with Gasteiger partial charge in [0.1, 0.15) is 12.4 Å². The molecule has 1 aliphatic rings. The Hall–Kier alpha value is -3.02. The van der Waals surface area contributed by atoms with Crippen LogP contribution in [0.25, 0.3) is 11.1 Å². The maximum Gasteiger partial charge on any atom is 0.419 e. The second kappa shape index (κ2) is 8.33. The number of fused-ring (bicyclic) bond motifs is 2. The Morgan fingerprint density at radius 3 is 2.93 bits per heavy atom. The molecule has 2 aromatic carbocycles. The lowest BCUT2D eigenvalue weighted by atomic mass is 10.1. The van der Waals surface area contributed by atoms with Crippen LogP contribution in [0.3, 0.4) is 0 Å². The van der Waals surface area contributed by atoms with Gasteiger partial charge in [-0.1, -0.05) is 18.2 Å². The van der Waals surface area contributed by atoms with Crippen LogP contribution < -0.4 is 15.8 Å². The monoisotopic (exact) mass is 380 g/mol. The summed E-state index contributed by atoms with van der Waals surface area (Å²) in [6.45, 7) is 1.36. The second-order valence-corrected chi connectivity index (χ2v) is 7.07. The van der Waals surface area contributed by atoms with Crippen LogP contribution in [-0.2, 0) is 24.2 Å². The number of hydrogen-bond acceptors (Lipinski definition) is 4. The van der Waals surface area contributed by atoms with E-state index in [1.807, 2.05) is 24.3 Å². The molecular weight excluding hydrogens is 356 g/mol. The number of oxazole rings is 1. The number of hydrogen-bond donors (Lipinski definition) is 1. The number of rotatable bonds is 8. The highest BCUT2D eigenvalue weighted by Crippen LogP contribution is 2.25. The molecule has 0 aliphatic heterocycles. The van der Waals surface area contributed by atoms with E-state index in [2.05, 4.69) is 17.4 Å². The summed E-state index contributed by atoms with van der Waals surface area (Å²) in [5, 5.41) is 2.86. The average molecular weight is 380 g/mol. The van der Waals surface area contributed by atoms with E-state index in [1.54, 1.807) is 10.6 Å². The molecule has 0 unspecified atom stereocenters. The van der Waals surface area contributed by atoms with E-state index in [-0.39, 0.29) is 11.7 Å². The van der Waals surface area contributed by atoms with Crippen molar-refractivity contribution in [2.45, 2.75) is 38.6 Å². The molecule has 6 heteroatoms. The van der Waals surface area contributed by atoms with Crippen molar-refractivity contribution in [2.24, 2.45) is 0 Å². The standard InChI is InChI=1S/C22H24N2O4/c25-21(9-4-13-24-19-7-1-2-8-20(19)28-22(24)26)23-12-14-27-18-11-10-16-5-3-6-17(16)15-18/h1-2,7-8,10-11,15H,3-6,9,12-14H2,(H,23,25). The second-order valence-electron chi connectivity index (χ2n) is 7.07. The molecule has 0 fully saturated rings. The molecule has 3 aromatic rings. The summed E-state index contributed by atoms with van der Waals surface area (Å²) < 4.78 is 12.5. The lowest BCUT2D eigenvalue weighted by molar-refractivity contribution is -0.121. The minimum absolute atomic E-state index is 0.0431. The van der Waals surface area contributed by atoms with Crippen LogP contribution in [0.5, 0.6) is 5.75 Å². The topological polar surface area (TPSA) is 73.5 Å². The number of para-hydroxylation sites is 2. The molecule has 0 atom stereocenters. The van der Waals surface area contributed by atoms with Gasteiger partial charge in [-0.2, -0.15) is 0 Å². The van der Waals surface area contributed by atoms with Crippen molar-refractivity contribution in [1.29, 1.82) is 0 Å². The molecule has 28 heavy (non-hydrogen) atoms. The first-order valence-corrected chi connectivity index (χ1v) is 9.80. The molecule has 0 saturated heterocycles. The zero-order valence-corrected chi connectivity index (χ0v) is 15.8. The summed E-state index contributed by atoms with van der Waals surface area (Å²) in [5.74, 6) is 0.434. The predicted octanol–water partition coefficient (Wildman–Crippen LogP) is 3.06. The third-order valence-corrected chi connectivity index (χ3v) is 5.12. The smallest absolute Gasteiger partial charge is 0.419 e. The molecule has 6 nitrogen and oxygen atoms in total. The van der Waals surface area contributed by atoms with Gasteiger partial charge in [0.2, 0.25) is 5.91 Å². The minimum atomic E-state index is -0.385. The summed E-state index contributed by atoms with van der Waals surface area (Å²) in [7, 11) is 0. The number of carbonyl (C=O) groups is 1. The zero-order valence-electron chi connectivity index (χ0n) is 15.8. The number of benzene rings is 2. The van der Waals surface area contributed by atoms with E-state index in [1.165, 1.54) is 17.5 Å². The van der Waals surface area contributed by atoms with Gasteiger partial charge in [0, 0.05) is 13.0 Å². The number of ether oxygens (including phenoxy) is 1. The Kier molecular flexibility index (Phi) is 5.46. The summed E-state index contributed by atoms with van der Waals surface area (Å²) in [4.78, 5) is 23.9. The first kappa shape index (κ1) is 18.3. The number of aromatic nitrogens is 1. The average Bonchev–Trinajstić information content (AvgIpc) is 3.29. The fourth-order valence-corrected chi connectivity index (χ4v) is 3.71. The van der Waals surface area contributed by atoms with Gasteiger partial charge in [0.25, 0.3) is 0 Å². The summed E-state index contributed by atoms with van der Waals surface area (Å²) >= 11 is 0. The van der Waals surface area contributed by atoms with Gasteiger partial charge in [0.05, 0.1) is 12.1 Å². The van der Waals surface area contributed by atoms with E-state index < -0.39 is 0 Å². The van der Waals surface area contributed by atoms with Gasteiger partial charge >= 0.3 is 5.76 Å². The van der Waals surface area contributed by atoms with Crippen molar-refractivity contribution in [3.63, 3.8) is 0 Å². The van der Waals surface area contributed by atoms with E-state index >= 15 is 0 Å². The van der Waals surface area contributed by atoms with Crippen LogP contribution in [0.4, 0.5) is 0 Å². The molecule has 146 valence electrons. The Balaban J connectivity index is 1.18. The van der Waals surface area contributed by atoms with Gasteiger partial charge in [-0.15, -0.1) is 0 Å². The third-order valence-electron chi connectivity index (χ3n) is 5.12. The van der Waals surface area contributed by atoms with Gasteiger partial charge in [-0.05, 0) is 61.1 Å². The van der Waals surface area contributed by atoms with Crippen LogP contribution >= 0.6 is 0 Å². The number of nitrogens with zero attached hydrogens (tertiary/aromatic N) is 1. The lowest BCUT2D eigenvalue weighted by Crippen LogP contribution is -2.28. The molecule has 0 saturated carbocycles. The third kappa shape index (κ3) is 4.11. The number of aryl methyl sites for hydroxylation is 3. The van der Waals surface area contributed by atoms with Crippen molar-refractivity contribution in [2.75, 3.05) is 13.2 Å². The fraction of sp³-hybridized carbons (Fsp3) is 0.364. The van der Waals surface area contributed by atoms with E-state index in [4.69, 9.17) is 9.15 Å². The molecule has 1 aliphatic carbocycles. The van der Waals surface area contributed by atoms with Crippen molar-refractivity contribution in [3.05, 3.63) is 64.1 Å². The van der Waals surface area contributed by atoms with Gasteiger partial charge < -0.3 is 14.5 Å². The molecule has 1 N–H and O–H groups in total. The quantitative estimate of drug-likeness (QED) is 0.610. The minimum Gasteiger partial charge on any atom is -0.492 e. The molecule has 1 heterocycles. The molecule has 0 bridgehead atoms.